The first-order valence-corrected chi connectivity index (χ1v) is 8.94. The van der Waals surface area contributed by atoms with Gasteiger partial charge in [0.05, 0.1) is 28.1 Å². The number of nitrogens with zero attached hydrogens (tertiary/aromatic N) is 2. The Hall–Kier alpha value is -2.25. The quantitative estimate of drug-likeness (QED) is 0.289. The van der Waals surface area contributed by atoms with Crippen molar-refractivity contribution in [2.24, 2.45) is 0 Å². The van der Waals surface area contributed by atoms with Crippen molar-refractivity contribution >= 4 is 46.1 Å². The minimum absolute atomic E-state index is 0.0228. The molecule has 2 heterocycles. The van der Waals surface area contributed by atoms with E-state index in [2.05, 4.69) is 9.97 Å². The van der Waals surface area contributed by atoms with Gasteiger partial charge in [0.25, 0.3) is 0 Å². The number of rotatable bonds is 6. The molecule has 3 rings (SSSR count). The van der Waals surface area contributed by atoms with Crippen LogP contribution in [0.15, 0.2) is 35.4 Å². The summed E-state index contributed by atoms with van der Waals surface area (Å²) in [6.07, 6.45) is 0.752. The zero-order valence-electron chi connectivity index (χ0n) is 13.1. The topological polar surface area (TPSA) is 69.2 Å². The molecule has 1 aromatic carbocycles. The molecule has 7 heteroatoms. The van der Waals surface area contributed by atoms with Gasteiger partial charge in [-0.25, -0.2) is 9.97 Å². The Morgan fingerprint density at radius 1 is 1.29 bits per heavy atom. The Morgan fingerprint density at radius 2 is 2.12 bits per heavy atom. The van der Waals surface area contributed by atoms with E-state index < -0.39 is 0 Å². The maximum absolute atomic E-state index is 12.3. The van der Waals surface area contributed by atoms with Crippen LogP contribution in [-0.4, -0.2) is 34.9 Å². The number of thioether (sulfide) groups is 1. The molecule has 0 aliphatic rings. The molecular formula is C17H14N2O3S2. The van der Waals surface area contributed by atoms with Gasteiger partial charge in [0.15, 0.2) is 12.1 Å². The van der Waals surface area contributed by atoms with Gasteiger partial charge in [-0.2, -0.15) is 0 Å². The summed E-state index contributed by atoms with van der Waals surface area (Å²) in [6.45, 7) is 1.82. The Balaban J connectivity index is 1.86. The Labute approximate surface area is 147 Å². The Kier molecular flexibility index (Phi) is 4.92. The number of Topliss-reactive ketones (excluding diaryl/α,β-unsaturated/α-hetero) is 1. The number of fused-ring (bicyclic) bond motifs is 1. The molecule has 0 fully saturated rings. The summed E-state index contributed by atoms with van der Waals surface area (Å²) in [5, 5.41) is 1.61. The molecule has 2 aromatic heterocycles. The van der Waals surface area contributed by atoms with Crippen LogP contribution in [0.1, 0.15) is 25.2 Å². The molecule has 0 radical (unpaired) electrons. The number of methoxy groups -OCH3 is 1. The van der Waals surface area contributed by atoms with Gasteiger partial charge in [0, 0.05) is 5.39 Å². The van der Waals surface area contributed by atoms with Crippen molar-refractivity contribution in [3.8, 4) is 5.75 Å². The third kappa shape index (κ3) is 3.47. The molecule has 3 aromatic rings. The fourth-order valence-corrected chi connectivity index (χ4v) is 3.99. The molecule has 0 spiro atoms. The Bertz CT molecular complexity index is 921. The van der Waals surface area contributed by atoms with Crippen molar-refractivity contribution in [3.05, 3.63) is 45.9 Å². The van der Waals surface area contributed by atoms with E-state index in [1.165, 1.54) is 23.1 Å². The molecule has 0 aliphatic carbocycles. The number of hydrogen-bond donors (Lipinski definition) is 0. The minimum atomic E-state index is -0.0228. The van der Waals surface area contributed by atoms with Crippen LogP contribution in [0.2, 0.25) is 0 Å². The van der Waals surface area contributed by atoms with Gasteiger partial charge in [-0.05, 0) is 37.3 Å². The highest BCUT2D eigenvalue weighted by Crippen LogP contribution is 2.29. The minimum Gasteiger partial charge on any atom is -0.497 e. The highest BCUT2D eigenvalue weighted by Gasteiger charge is 2.13. The molecular weight excluding hydrogens is 344 g/mol. The van der Waals surface area contributed by atoms with Gasteiger partial charge >= 0.3 is 0 Å². The van der Waals surface area contributed by atoms with Gasteiger partial charge in [-0.1, -0.05) is 11.8 Å². The summed E-state index contributed by atoms with van der Waals surface area (Å²) in [5.41, 5.74) is 0.817. The molecule has 24 heavy (non-hydrogen) atoms. The summed E-state index contributed by atoms with van der Waals surface area (Å²) in [6, 6.07) is 8.94. The number of carbonyl (C=O) groups is 2. The fraction of sp³-hybridized carbons (Fsp3) is 0.176. The van der Waals surface area contributed by atoms with Crippen LogP contribution >= 0.6 is 23.1 Å². The molecule has 0 unspecified atom stereocenters. The molecule has 0 amide bonds. The van der Waals surface area contributed by atoms with Gasteiger partial charge in [0.1, 0.15) is 16.6 Å². The number of aromatic nitrogens is 2. The van der Waals surface area contributed by atoms with Crippen LogP contribution in [0, 0.1) is 6.92 Å². The van der Waals surface area contributed by atoms with Crippen LogP contribution in [0.3, 0.4) is 0 Å². The van der Waals surface area contributed by atoms with E-state index in [1.807, 2.05) is 25.1 Å². The van der Waals surface area contributed by atoms with Crippen LogP contribution in [-0.2, 0) is 0 Å². The average molecular weight is 358 g/mol. The van der Waals surface area contributed by atoms with Crippen LogP contribution in [0.25, 0.3) is 10.9 Å². The van der Waals surface area contributed by atoms with Crippen LogP contribution < -0.4 is 4.74 Å². The molecule has 5 nitrogen and oxygen atoms in total. The highest BCUT2D eigenvalue weighted by atomic mass is 32.2. The van der Waals surface area contributed by atoms with E-state index in [9.17, 15) is 9.59 Å². The lowest BCUT2D eigenvalue weighted by Crippen LogP contribution is -2.01. The van der Waals surface area contributed by atoms with Crippen molar-refractivity contribution < 1.29 is 14.3 Å². The van der Waals surface area contributed by atoms with Crippen LogP contribution in [0.4, 0.5) is 0 Å². The molecule has 0 bridgehead atoms. The predicted octanol–water partition coefficient (Wildman–Crippen LogP) is 3.80. The molecule has 0 saturated heterocycles. The molecule has 0 N–H and O–H groups in total. The third-order valence-electron chi connectivity index (χ3n) is 3.34. The standard InChI is InChI=1S/C17H14N2O3S2/c1-10-18-14-5-3-11(22-2)7-13(14)17(19-10)23-9-15(21)16-6-4-12(8-20)24-16/h3-8H,9H2,1-2H3. The summed E-state index contributed by atoms with van der Waals surface area (Å²) in [5.74, 6) is 1.60. The number of ether oxygens (including phenoxy) is 1. The number of benzene rings is 1. The summed E-state index contributed by atoms with van der Waals surface area (Å²) < 4.78 is 5.25. The second-order valence-corrected chi connectivity index (χ2v) is 7.07. The third-order valence-corrected chi connectivity index (χ3v) is 5.38. The largest absolute Gasteiger partial charge is 0.497 e. The predicted molar refractivity (Wildman–Crippen MR) is 95.6 cm³/mol. The van der Waals surface area contributed by atoms with E-state index in [0.717, 1.165) is 28.0 Å². The summed E-state index contributed by atoms with van der Waals surface area (Å²) in [4.78, 5) is 33.0. The van der Waals surface area contributed by atoms with Crippen LogP contribution in [0.5, 0.6) is 5.75 Å². The average Bonchev–Trinajstić information content (AvgIpc) is 3.08. The molecule has 122 valence electrons. The number of thiophene rings is 1. The van der Waals surface area contributed by atoms with E-state index in [0.29, 0.717) is 15.6 Å². The highest BCUT2D eigenvalue weighted by molar-refractivity contribution is 8.00. The van der Waals surface area contributed by atoms with Crippen molar-refractivity contribution in [2.45, 2.75) is 11.9 Å². The van der Waals surface area contributed by atoms with E-state index in [-0.39, 0.29) is 11.5 Å². The fourth-order valence-electron chi connectivity index (χ4n) is 2.20. The Morgan fingerprint density at radius 3 is 2.83 bits per heavy atom. The smallest absolute Gasteiger partial charge is 0.183 e. The maximum Gasteiger partial charge on any atom is 0.183 e. The second kappa shape index (κ2) is 7.11. The van der Waals surface area contributed by atoms with Crippen molar-refractivity contribution in [3.63, 3.8) is 0 Å². The monoisotopic (exact) mass is 358 g/mol. The number of carbonyl (C=O) groups excluding carboxylic acids is 2. The van der Waals surface area contributed by atoms with Gasteiger partial charge in [-0.15, -0.1) is 11.3 Å². The summed E-state index contributed by atoms with van der Waals surface area (Å²) >= 11 is 2.57. The van der Waals surface area contributed by atoms with Gasteiger partial charge < -0.3 is 4.74 Å². The van der Waals surface area contributed by atoms with E-state index in [1.54, 1.807) is 19.2 Å². The van der Waals surface area contributed by atoms with E-state index >= 15 is 0 Å². The van der Waals surface area contributed by atoms with Crippen molar-refractivity contribution in [1.82, 2.24) is 9.97 Å². The number of hydrogen-bond acceptors (Lipinski definition) is 7. The zero-order valence-corrected chi connectivity index (χ0v) is 14.7. The summed E-state index contributed by atoms with van der Waals surface area (Å²) in [7, 11) is 1.61. The normalized spacial score (nSPS) is 10.8. The van der Waals surface area contributed by atoms with Crippen molar-refractivity contribution in [1.29, 1.82) is 0 Å². The number of aryl methyl sites for hydroxylation is 1. The first-order valence-electron chi connectivity index (χ1n) is 7.14. The molecule has 0 saturated carbocycles. The first kappa shape index (κ1) is 16.6. The lowest BCUT2D eigenvalue weighted by Gasteiger charge is -2.07. The number of aldehydes is 1. The second-order valence-electron chi connectivity index (χ2n) is 4.99. The lowest BCUT2D eigenvalue weighted by molar-refractivity contribution is 0.102. The first-order chi connectivity index (χ1) is 11.6. The lowest BCUT2D eigenvalue weighted by atomic mass is 10.2. The molecule has 0 aliphatic heterocycles. The zero-order chi connectivity index (χ0) is 17.1. The molecule has 0 atom stereocenters. The SMILES string of the molecule is COc1ccc2nc(C)nc(SCC(=O)c3ccc(C=O)s3)c2c1. The van der Waals surface area contributed by atoms with Gasteiger partial charge in [-0.3, -0.25) is 9.59 Å². The van der Waals surface area contributed by atoms with Gasteiger partial charge in [0.2, 0.25) is 0 Å². The number of ketones is 1. The maximum atomic E-state index is 12.3. The van der Waals surface area contributed by atoms with E-state index in [4.69, 9.17) is 4.74 Å². The van der Waals surface area contributed by atoms with Crippen molar-refractivity contribution in [2.75, 3.05) is 12.9 Å².